The molecule has 0 unspecified atom stereocenters. The van der Waals surface area contributed by atoms with Crippen molar-refractivity contribution in [2.45, 2.75) is 40.3 Å². The molecule has 6 nitrogen and oxygen atoms in total. The van der Waals surface area contributed by atoms with Crippen LogP contribution in [0.25, 0.3) is 0 Å². The first-order valence-electron chi connectivity index (χ1n) is 8.61. The van der Waals surface area contributed by atoms with E-state index in [2.05, 4.69) is 78.6 Å². The number of halogens is 2. The molecule has 8 heteroatoms. The van der Waals surface area contributed by atoms with Crippen LogP contribution in [0.15, 0.2) is 39.4 Å². The van der Waals surface area contributed by atoms with Gasteiger partial charge < -0.3 is 5.32 Å². The van der Waals surface area contributed by atoms with Crippen molar-refractivity contribution in [2.24, 2.45) is 0 Å². The molecule has 0 aliphatic carbocycles. The van der Waals surface area contributed by atoms with E-state index in [4.69, 9.17) is 0 Å². The fraction of sp³-hybridized carbons (Fsp3) is 0.316. The van der Waals surface area contributed by atoms with E-state index in [1.54, 1.807) is 0 Å². The van der Waals surface area contributed by atoms with Gasteiger partial charge in [-0.15, -0.1) is 0 Å². The summed E-state index contributed by atoms with van der Waals surface area (Å²) in [5.74, 6) is 0.432. The van der Waals surface area contributed by atoms with Gasteiger partial charge in [0.05, 0.1) is 27.7 Å². The van der Waals surface area contributed by atoms with Gasteiger partial charge in [0.2, 0.25) is 5.91 Å². The monoisotopic (exact) mass is 493 g/mol. The molecule has 1 amide bonds. The molecule has 0 saturated heterocycles. The number of hydrogen-bond acceptors (Lipinski definition) is 3. The third kappa shape index (κ3) is 4.87. The Bertz CT molecular complexity index is 959. The van der Waals surface area contributed by atoms with Crippen molar-refractivity contribution in [2.75, 3.05) is 5.32 Å². The minimum Gasteiger partial charge on any atom is -0.308 e. The summed E-state index contributed by atoms with van der Waals surface area (Å²) in [6.07, 6.45) is 2.19. The zero-order valence-electron chi connectivity index (χ0n) is 15.5. The molecule has 0 atom stereocenters. The summed E-state index contributed by atoms with van der Waals surface area (Å²) in [5.41, 5.74) is 4.32. The molecule has 0 bridgehead atoms. The summed E-state index contributed by atoms with van der Waals surface area (Å²) in [4.78, 5) is 12.3. The van der Waals surface area contributed by atoms with Gasteiger partial charge in [-0.3, -0.25) is 14.2 Å². The van der Waals surface area contributed by atoms with Crippen LogP contribution < -0.4 is 5.32 Å². The standard InChI is InChI=1S/C19H21Br2N5O/c1-12-4-6-15(7-5-12)10-25-11-16(20)19(24-25)22-17(27)8-9-26-14(3)18(21)13(2)23-26/h4-7,11H,8-10H2,1-3H3,(H,22,24,27). The van der Waals surface area contributed by atoms with Crippen LogP contribution >= 0.6 is 31.9 Å². The van der Waals surface area contributed by atoms with E-state index in [9.17, 15) is 4.79 Å². The van der Waals surface area contributed by atoms with Crippen molar-refractivity contribution in [1.82, 2.24) is 19.6 Å². The van der Waals surface area contributed by atoms with Crippen LogP contribution in [0.4, 0.5) is 5.82 Å². The average Bonchev–Trinajstić information content (AvgIpc) is 3.09. The smallest absolute Gasteiger partial charge is 0.227 e. The second-order valence-electron chi connectivity index (χ2n) is 6.51. The van der Waals surface area contributed by atoms with Crippen LogP contribution in [0.3, 0.4) is 0 Å². The average molecular weight is 495 g/mol. The molecule has 142 valence electrons. The van der Waals surface area contributed by atoms with E-state index < -0.39 is 0 Å². The molecule has 0 spiro atoms. The second-order valence-corrected chi connectivity index (χ2v) is 8.16. The third-order valence-corrected chi connectivity index (χ3v) is 6.01. The lowest BCUT2D eigenvalue weighted by Crippen LogP contribution is -2.16. The van der Waals surface area contributed by atoms with Gasteiger partial charge in [0.15, 0.2) is 5.82 Å². The number of nitrogens with one attached hydrogen (secondary N) is 1. The predicted molar refractivity (Wildman–Crippen MR) is 113 cm³/mol. The summed E-state index contributed by atoms with van der Waals surface area (Å²) in [7, 11) is 0. The molecule has 0 aliphatic heterocycles. The Kier molecular flexibility index (Phi) is 6.16. The first-order valence-corrected chi connectivity index (χ1v) is 10.2. The minimum atomic E-state index is -0.0973. The zero-order chi connectivity index (χ0) is 19.6. The molecular formula is C19H21Br2N5O. The fourth-order valence-electron chi connectivity index (χ4n) is 2.74. The van der Waals surface area contributed by atoms with Gasteiger partial charge in [0.1, 0.15) is 0 Å². The maximum atomic E-state index is 12.3. The van der Waals surface area contributed by atoms with Gasteiger partial charge in [0.25, 0.3) is 0 Å². The lowest BCUT2D eigenvalue weighted by Gasteiger charge is -2.05. The number of amides is 1. The van der Waals surface area contributed by atoms with Crippen molar-refractivity contribution in [3.63, 3.8) is 0 Å². The van der Waals surface area contributed by atoms with Crippen LogP contribution in [0.2, 0.25) is 0 Å². The van der Waals surface area contributed by atoms with E-state index in [-0.39, 0.29) is 5.91 Å². The Morgan fingerprint density at radius 2 is 1.81 bits per heavy atom. The number of carbonyl (C=O) groups excluding carboxylic acids is 1. The normalized spacial score (nSPS) is 11.0. The van der Waals surface area contributed by atoms with E-state index in [0.717, 1.165) is 25.9 Å². The molecule has 0 aliphatic rings. The molecule has 3 aromatic rings. The summed E-state index contributed by atoms with van der Waals surface area (Å²) in [6.45, 7) is 7.14. The highest BCUT2D eigenvalue weighted by Crippen LogP contribution is 2.22. The van der Waals surface area contributed by atoms with E-state index in [0.29, 0.717) is 25.3 Å². The second kappa shape index (κ2) is 8.39. The molecule has 27 heavy (non-hydrogen) atoms. The fourth-order valence-corrected chi connectivity index (χ4v) is 3.44. The van der Waals surface area contributed by atoms with E-state index in [1.165, 1.54) is 5.56 Å². The third-order valence-electron chi connectivity index (χ3n) is 4.28. The number of carbonyl (C=O) groups is 1. The van der Waals surface area contributed by atoms with Crippen molar-refractivity contribution in [1.29, 1.82) is 0 Å². The van der Waals surface area contributed by atoms with Gasteiger partial charge in [-0.2, -0.15) is 10.2 Å². The zero-order valence-corrected chi connectivity index (χ0v) is 18.6. The van der Waals surface area contributed by atoms with Crippen LogP contribution in [0.5, 0.6) is 0 Å². The van der Waals surface area contributed by atoms with Gasteiger partial charge in [-0.25, -0.2) is 0 Å². The number of aryl methyl sites for hydroxylation is 3. The molecule has 1 N–H and O–H groups in total. The predicted octanol–water partition coefficient (Wildman–Crippen LogP) is 4.61. The topological polar surface area (TPSA) is 64.7 Å². The van der Waals surface area contributed by atoms with Crippen molar-refractivity contribution in [3.8, 4) is 0 Å². The lowest BCUT2D eigenvalue weighted by atomic mass is 10.1. The number of aromatic nitrogens is 4. The Hall–Kier alpha value is -1.93. The lowest BCUT2D eigenvalue weighted by molar-refractivity contribution is -0.116. The Morgan fingerprint density at radius 3 is 2.44 bits per heavy atom. The summed E-state index contributed by atoms with van der Waals surface area (Å²) >= 11 is 6.97. The van der Waals surface area contributed by atoms with Crippen molar-refractivity contribution >= 4 is 43.6 Å². The van der Waals surface area contributed by atoms with Crippen LogP contribution in [-0.4, -0.2) is 25.5 Å². The van der Waals surface area contributed by atoms with Gasteiger partial charge in [-0.1, -0.05) is 29.8 Å². The molecular weight excluding hydrogens is 474 g/mol. The van der Waals surface area contributed by atoms with E-state index in [1.807, 2.05) is 29.4 Å². The number of hydrogen-bond donors (Lipinski definition) is 1. The molecule has 0 saturated carbocycles. The van der Waals surface area contributed by atoms with E-state index >= 15 is 0 Å². The Morgan fingerprint density at radius 1 is 1.11 bits per heavy atom. The summed E-state index contributed by atoms with van der Waals surface area (Å²) < 4.78 is 5.39. The summed E-state index contributed by atoms with van der Waals surface area (Å²) in [6, 6.07) is 8.31. The number of nitrogens with zero attached hydrogens (tertiary/aromatic N) is 4. The van der Waals surface area contributed by atoms with Crippen LogP contribution in [0, 0.1) is 20.8 Å². The molecule has 0 fully saturated rings. The molecule has 2 heterocycles. The maximum absolute atomic E-state index is 12.3. The number of anilines is 1. The van der Waals surface area contributed by atoms with Crippen molar-refractivity contribution in [3.05, 3.63) is 61.9 Å². The quantitative estimate of drug-likeness (QED) is 0.544. The highest BCUT2D eigenvalue weighted by molar-refractivity contribution is 9.11. The summed E-state index contributed by atoms with van der Waals surface area (Å²) in [5, 5.41) is 11.8. The van der Waals surface area contributed by atoms with Crippen LogP contribution in [-0.2, 0) is 17.9 Å². The highest BCUT2D eigenvalue weighted by Gasteiger charge is 2.13. The Labute approximate surface area is 175 Å². The molecule has 3 rings (SSSR count). The Balaban J connectivity index is 1.60. The van der Waals surface area contributed by atoms with Gasteiger partial charge in [0, 0.05) is 18.3 Å². The maximum Gasteiger partial charge on any atom is 0.227 e. The van der Waals surface area contributed by atoms with Gasteiger partial charge in [-0.05, 0) is 58.2 Å². The minimum absolute atomic E-state index is 0.0973. The highest BCUT2D eigenvalue weighted by atomic mass is 79.9. The largest absolute Gasteiger partial charge is 0.308 e. The van der Waals surface area contributed by atoms with Gasteiger partial charge >= 0.3 is 0 Å². The molecule has 1 aromatic carbocycles. The molecule has 2 aromatic heterocycles. The molecule has 0 radical (unpaired) electrons. The first-order chi connectivity index (χ1) is 12.8. The number of rotatable bonds is 6. The van der Waals surface area contributed by atoms with Crippen molar-refractivity contribution < 1.29 is 4.79 Å². The van der Waals surface area contributed by atoms with Crippen LogP contribution in [0.1, 0.15) is 28.9 Å². The number of benzene rings is 1. The first kappa shape index (κ1) is 19.8. The SMILES string of the molecule is Cc1ccc(Cn2cc(Br)c(NC(=O)CCn3nc(C)c(Br)c3C)n2)cc1.